The molecule has 0 saturated heterocycles. The fraction of sp³-hybridized carbons (Fsp3) is 0. The largest absolute Gasteiger partial charge is 0.245 e. The minimum absolute atomic E-state index is 0.544. The Labute approximate surface area is 84.5 Å². The van der Waals surface area contributed by atoms with Gasteiger partial charge in [-0.2, -0.15) is 0 Å². The lowest BCUT2D eigenvalue weighted by Crippen LogP contribution is -2.39. The second kappa shape index (κ2) is 2.62. The number of nitrogens with zero attached hydrogens (tertiary/aromatic N) is 5. The zero-order chi connectivity index (χ0) is 9.54. The molecule has 6 heteroatoms. The summed E-state index contributed by atoms with van der Waals surface area (Å²) in [5.74, 6) is 1.09. The number of halogens is 1. The molecule has 0 aromatic carbocycles. The highest BCUT2D eigenvalue weighted by Crippen LogP contribution is 2.27. The first-order valence-electron chi connectivity index (χ1n) is 3.95. The first-order valence-corrected chi connectivity index (χ1v) is 4.33. The summed E-state index contributed by atoms with van der Waals surface area (Å²) < 4.78 is 0. The summed E-state index contributed by atoms with van der Waals surface area (Å²) in [7, 11) is 0. The van der Waals surface area contributed by atoms with Crippen molar-refractivity contribution in [3.05, 3.63) is 23.0 Å². The van der Waals surface area contributed by atoms with Crippen molar-refractivity contribution in [1.29, 1.82) is 0 Å². The van der Waals surface area contributed by atoms with E-state index in [1.165, 1.54) is 6.34 Å². The predicted octanol–water partition coefficient (Wildman–Crippen LogP) is 1.10. The Morgan fingerprint density at radius 3 is 2.93 bits per heavy atom. The first kappa shape index (κ1) is 7.64. The molecule has 0 aromatic rings. The molecule has 0 fully saturated rings. The maximum Gasteiger partial charge on any atom is 0.238 e. The summed E-state index contributed by atoms with van der Waals surface area (Å²) in [5.41, 5.74) is 0.808. The monoisotopic (exact) mass is 205 g/mol. The summed E-state index contributed by atoms with van der Waals surface area (Å²) in [6.07, 6.45) is 6.45. The van der Waals surface area contributed by atoms with Crippen LogP contribution in [0.15, 0.2) is 43.0 Å². The predicted molar refractivity (Wildman–Crippen MR) is 55.7 cm³/mol. The molecule has 0 aliphatic carbocycles. The van der Waals surface area contributed by atoms with Crippen LogP contribution in [0.2, 0.25) is 0 Å². The van der Waals surface area contributed by atoms with Crippen molar-refractivity contribution < 1.29 is 0 Å². The molecular formula is C8H4ClN5. The Balaban J connectivity index is 2.24. The van der Waals surface area contributed by atoms with Gasteiger partial charge in [-0.05, 0) is 6.08 Å². The first-order chi connectivity index (χ1) is 6.86. The average molecular weight is 206 g/mol. The van der Waals surface area contributed by atoms with Gasteiger partial charge in [0, 0.05) is 6.21 Å². The highest BCUT2D eigenvalue weighted by atomic mass is 35.5. The molecule has 0 bridgehead atoms. The van der Waals surface area contributed by atoms with Gasteiger partial charge in [0.05, 0.1) is 16.9 Å². The summed E-state index contributed by atoms with van der Waals surface area (Å²) in [5, 5.41) is 0.560. The highest BCUT2D eigenvalue weighted by molar-refractivity contribution is 6.33. The number of guanidine groups is 2. The lowest BCUT2D eigenvalue weighted by atomic mass is 10.3. The minimum atomic E-state index is 0.544. The van der Waals surface area contributed by atoms with Gasteiger partial charge in [0.25, 0.3) is 0 Å². The molecule has 3 rings (SSSR count). The molecule has 5 nitrogen and oxygen atoms in total. The summed E-state index contributed by atoms with van der Waals surface area (Å²) in [6.45, 7) is 0. The van der Waals surface area contributed by atoms with Crippen molar-refractivity contribution >= 4 is 36.1 Å². The fourth-order valence-corrected chi connectivity index (χ4v) is 1.55. The van der Waals surface area contributed by atoms with E-state index in [2.05, 4.69) is 20.0 Å². The Hall–Kier alpha value is -1.75. The van der Waals surface area contributed by atoms with Gasteiger partial charge in [0.2, 0.25) is 11.9 Å². The van der Waals surface area contributed by atoms with E-state index in [1.807, 2.05) is 0 Å². The third-order valence-corrected chi connectivity index (χ3v) is 2.24. The molecule has 0 amide bonds. The quantitative estimate of drug-likeness (QED) is 0.584. The van der Waals surface area contributed by atoms with Gasteiger partial charge in [-0.3, -0.25) is 0 Å². The van der Waals surface area contributed by atoms with Crippen molar-refractivity contribution in [3.63, 3.8) is 0 Å². The third kappa shape index (κ3) is 0.898. The summed E-state index contributed by atoms with van der Waals surface area (Å²) in [6, 6.07) is 0. The van der Waals surface area contributed by atoms with Crippen LogP contribution >= 0.6 is 11.6 Å². The van der Waals surface area contributed by atoms with Crippen LogP contribution in [0.4, 0.5) is 0 Å². The molecule has 0 spiro atoms. The molecule has 0 aromatic heterocycles. The van der Waals surface area contributed by atoms with E-state index in [0.717, 1.165) is 5.70 Å². The smallest absolute Gasteiger partial charge is 0.238 e. The summed E-state index contributed by atoms with van der Waals surface area (Å²) >= 11 is 5.98. The molecule has 0 N–H and O–H groups in total. The average Bonchev–Trinajstić information content (AvgIpc) is 2.24. The molecular weight excluding hydrogens is 202 g/mol. The van der Waals surface area contributed by atoms with Crippen LogP contribution in [0.3, 0.4) is 0 Å². The Morgan fingerprint density at radius 2 is 2.00 bits per heavy atom. The van der Waals surface area contributed by atoms with E-state index in [-0.39, 0.29) is 0 Å². The number of hydrogen-bond acceptors (Lipinski definition) is 5. The Kier molecular flexibility index (Phi) is 1.43. The van der Waals surface area contributed by atoms with Crippen molar-refractivity contribution in [2.75, 3.05) is 0 Å². The van der Waals surface area contributed by atoms with Gasteiger partial charge in [0.15, 0.2) is 0 Å². The van der Waals surface area contributed by atoms with Gasteiger partial charge in [-0.1, -0.05) is 11.6 Å². The number of hydrogen-bond donors (Lipinski definition) is 0. The van der Waals surface area contributed by atoms with Crippen LogP contribution in [-0.2, 0) is 0 Å². The topological polar surface area (TPSA) is 52.7 Å². The van der Waals surface area contributed by atoms with E-state index < -0.39 is 0 Å². The van der Waals surface area contributed by atoms with Gasteiger partial charge in [0.1, 0.15) is 6.34 Å². The van der Waals surface area contributed by atoms with E-state index >= 15 is 0 Å². The number of rotatable bonds is 0. The standard InChI is InChI=1S/C8H4ClN5/c9-5-3-11-8-13-4-12-7-10-2-1-6(5)14(7)8/h1-4H. The molecule has 0 unspecified atom stereocenters. The van der Waals surface area contributed by atoms with Crippen molar-refractivity contribution in [2.45, 2.75) is 0 Å². The van der Waals surface area contributed by atoms with Crippen molar-refractivity contribution in [3.8, 4) is 0 Å². The minimum Gasteiger partial charge on any atom is -0.245 e. The van der Waals surface area contributed by atoms with Gasteiger partial charge in [-0.25, -0.2) is 24.9 Å². The fourth-order valence-electron chi connectivity index (χ4n) is 1.35. The lowest BCUT2D eigenvalue weighted by molar-refractivity contribution is 0.732. The highest BCUT2D eigenvalue weighted by Gasteiger charge is 2.29. The van der Waals surface area contributed by atoms with Gasteiger partial charge in [-0.15, -0.1) is 0 Å². The van der Waals surface area contributed by atoms with Crippen molar-refractivity contribution in [2.24, 2.45) is 20.0 Å². The summed E-state index contributed by atoms with van der Waals surface area (Å²) in [4.78, 5) is 17.9. The lowest BCUT2D eigenvalue weighted by Gasteiger charge is -2.29. The van der Waals surface area contributed by atoms with Crippen LogP contribution in [0.5, 0.6) is 0 Å². The molecule has 3 aliphatic rings. The number of allylic oxidation sites excluding steroid dienone is 2. The molecule has 0 atom stereocenters. The zero-order valence-corrected chi connectivity index (χ0v) is 7.68. The third-order valence-electron chi connectivity index (χ3n) is 1.95. The molecule has 0 radical (unpaired) electrons. The maximum absolute atomic E-state index is 5.98. The van der Waals surface area contributed by atoms with Gasteiger partial charge >= 0.3 is 0 Å². The van der Waals surface area contributed by atoms with Crippen LogP contribution < -0.4 is 0 Å². The second-order valence-corrected chi connectivity index (χ2v) is 3.15. The zero-order valence-electron chi connectivity index (χ0n) is 6.92. The SMILES string of the molecule is ClC1=CN=C2N=CN=C3N=CC=C1N32. The van der Waals surface area contributed by atoms with Crippen molar-refractivity contribution in [1.82, 2.24) is 4.90 Å². The molecule has 14 heavy (non-hydrogen) atoms. The van der Waals surface area contributed by atoms with Gasteiger partial charge < -0.3 is 0 Å². The van der Waals surface area contributed by atoms with Crippen LogP contribution in [0.1, 0.15) is 0 Å². The van der Waals surface area contributed by atoms with Crippen LogP contribution in [0.25, 0.3) is 0 Å². The van der Waals surface area contributed by atoms with E-state index in [0.29, 0.717) is 17.0 Å². The van der Waals surface area contributed by atoms with Crippen LogP contribution in [0, 0.1) is 0 Å². The maximum atomic E-state index is 5.98. The molecule has 3 aliphatic heterocycles. The number of aliphatic imine (C=N–C) groups is 4. The van der Waals surface area contributed by atoms with E-state index in [4.69, 9.17) is 11.6 Å². The Bertz CT molecular complexity index is 480. The molecule has 3 heterocycles. The van der Waals surface area contributed by atoms with E-state index in [9.17, 15) is 0 Å². The molecule has 68 valence electrons. The Morgan fingerprint density at radius 1 is 1.14 bits per heavy atom. The molecule has 0 saturated carbocycles. The van der Waals surface area contributed by atoms with Crippen LogP contribution in [-0.4, -0.2) is 29.4 Å². The normalized spacial score (nSPS) is 22.2. The second-order valence-electron chi connectivity index (χ2n) is 2.75. The van der Waals surface area contributed by atoms with E-state index in [1.54, 1.807) is 23.4 Å².